The first-order valence-electron chi connectivity index (χ1n) is 14.3. The topological polar surface area (TPSA) is 107 Å². The zero-order valence-corrected chi connectivity index (χ0v) is 23.2. The van der Waals surface area contributed by atoms with Gasteiger partial charge in [-0.2, -0.15) is 9.97 Å². The standard InChI is InChI=1S/C30H33F2N7O3/c31-27(32)28-35-23-3-1-2-4-24(23)39(28)25-17-26(37-30(36-25)38-13-15-41-16-14-38)42-19-21-5-7-22(8-6-21)29(40)34-18-20-9-11-33-12-10-20/h1-4,9-12,17,21-22,27H,5-8,13-16,18-19H2,(H,34,40). The van der Waals surface area contributed by atoms with Crippen LogP contribution in [0.1, 0.15) is 43.5 Å². The molecule has 1 N–H and O–H groups in total. The minimum absolute atomic E-state index is 0.0241. The molecule has 4 aromatic rings. The zero-order valence-electron chi connectivity index (χ0n) is 23.2. The average molecular weight is 578 g/mol. The Labute approximate surface area is 242 Å². The first kappa shape index (κ1) is 28.0. The average Bonchev–Trinajstić information content (AvgIpc) is 3.44. The Morgan fingerprint density at radius 1 is 1.02 bits per heavy atom. The number of anilines is 1. The number of halogens is 2. The van der Waals surface area contributed by atoms with E-state index in [1.807, 2.05) is 17.0 Å². The van der Waals surface area contributed by atoms with E-state index in [4.69, 9.17) is 9.47 Å². The third-order valence-electron chi connectivity index (χ3n) is 7.88. The molecule has 1 saturated carbocycles. The van der Waals surface area contributed by atoms with Crippen LogP contribution in [0.15, 0.2) is 54.9 Å². The summed E-state index contributed by atoms with van der Waals surface area (Å²) in [5.41, 5.74) is 2.01. The second-order valence-corrected chi connectivity index (χ2v) is 10.7. The predicted molar refractivity (Wildman–Crippen MR) is 152 cm³/mol. The number of imidazole rings is 1. The van der Waals surface area contributed by atoms with E-state index in [-0.39, 0.29) is 29.4 Å². The van der Waals surface area contributed by atoms with Crippen molar-refractivity contribution in [2.75, 3.05) is 37.8 Å². The van der Waals surface area contributed by atoms with Crippen LogP contribution in [0.3, 0.4) is 0 Å². The summed E-state index contributed by atoms with van der Waals surface area (Å²) in [6.07, 6.45) is 3.90. The van der Waals surface area contributed by atoms with Gasteiger partial charge in [0.2, 0.25) is 17.7 Å². The van der Waals surface area contributed by atoms with Gasteiger partial charge >= 0.3 is 0 Å². The smallest absolute Gasteiger partial charge is 0.296 e. The van der Waals surface area contributed by atoms with E-state index in [2.05, 4.69) is 25.3 Å². The number of fused-ring (bicyclic) bond motifs is 1. The summed E-state index contributed by atoms with van der Waals surface area (Å²) in [7, 11) is 0. The number of morpholine rings is 1. The molecule has 0 radical (unpaired) electrons. The Bertz CT molecular complexity index is 1500. The van der Waals surface area contributed by atoms with E-state index in [1.54, 1.807) is 42.7 Å². The van der Waals surface area contributed by atoms with Crippen molar-refractivity contribution in [2.24, 2.45) is 11.8 Å². The lowest BCUT2D eigenvalue weighted by Gasteiger charge is -2.29. The Morgan fingerprint density at radius 3 is 2.55 bits per heavy atom. The van der Waals surface area contributed by atoms with E-state index in [1.165, 1.54) is 4.57 Å². The van der Waals surface area contributed by atoms with Gasteiger partial charge in [0.1, 0.15) is 5.82 Å². The minimum atomic E-state index is -2.79. The van der Waals surface area contributed by atoms with Crippen LogP contribution in [-0.4, -0.2) is 63.3 Å². The zero-order chi connectivity index (χ0) is 28.9. The Morgan fingerprint density at radius 2 is 1.79 bits per heavy atom. The number of ether oxygens (including phenoxy) is 2. The fourth-order valence-corrected chi connectivity index (χ4v) is 5.55. The number of para-hydroxylation sites is 2. The molecule has 2 aliphatic rings. The number of rotatable bonds is 9. The van der Waals surface area contributed by atoms with Gasteiger partial charge < -0.3 is 19.7 Å². The molecular formula is C30H33F2N7O3. The molecule has 1 aromatic carbocycles. The molecule has 1 saturated heterocycles. The molecule has 1 aliphatic heterocycles. The SMILES string of the molecule is O=C(NCc1ccncc1)C1CCC(COc2cc(-n3c(C(F)F)nc4ccccc43)nc(N3CCOCC3)n2)CC1. The van der Waals surface area contributed by atoms with Crippen LogP contribution < -0.4 is 15.0 Å². The Hall–Kier alpha value is -4.19. The van der Waals surface area contributed by atoms with E-state index >= 15 is 0 Å². The molecule has 42 heavy (non-hydrogen) atoms. The fraction of sp³-hybridized carbons (Fsp3) is 0.433. The molecule has 220 valence electrons. The van der Waals surface area contributed by atoms with E-state index in [0.717, 1.165) is 31.2 Å². The predicted octanol–water partition coefficient (Wildman–Crippen LogP) is 4.49. The van der Waals surface area contributed by atoms with E-state index in [0.29, 0.717) is 62.3 Å². The number of hydrogen-bond acceptors (Lipinski definition) is 8. The summed E-state index contributed by atoms with van der Waals surface area (Å²) < 4.78 is 41.3. The molecule has 0 spiro atoms. The lowest BCUT2D eigenvalue weighted by molar-refractivity contribution is -0.126. The van der Waals surface area contributed by atoms with Crippen LogP contribution in [0, 0.1) is 11.8 Å². The lowest BCUT2D eigenvalue weighted by Crippen LogP contribution is -2.37. The first-order valence-corrected chi connectivity index (χ1v) is 14.3. The highest BCUT2D eigenvalue weighted by atomic mass is 19.3. The summed E-state index contributed by atoms with van der Waals surface area (Å²) in [4.78, 5) is 32.2. The monoisotopic (exact) mass is 577 g/mol. The van der Waals surface area contributed by atoms with Crippen LogP contribution >= 0.6 is 0 Å². The maximum absolute atomic E-state index is 14.1. The van der Waals surface area contributed by atoms with Crippen molar-refractivity contribution in [1.82, 2.24) is 29.8 Å². The van der Waals surface area contributed by atoms with Crippen LogP contribution in [0.4, 0.5) is 14.7 Å². The second kappa shape index (κ2) is 12.8. The highest BCUT2D eigenvalue weighted by Gasteiger charge is 2.28. The lowest BCUT2D eigenvalue weighted by atomic mass is 9.82. The third-order valence-corrected chi connectivity index (χ3v) is 7.88. The van der Waals surface area contributed by atoms with Crippen LogP contribution in [0.2, 0.25) is 0 Å². The molecule has 3 aromatic heterocycles. The summed E-state index contributed by atoms with van der Waals surface area (Å²) in [6.45, 7) is 3.13. The first-order chi connectivity index (χ1) is 20.5. The number of nitrogens with zero attached hydrogens (tertiary/aromatic N) is 6. The molecule has 1 aliphatic carbocycles. The number of nitrogens with one attached hydrogen (secondary N) is 1. The molecule has 10 nitrogen and oxygen atoms in total. The van der Waals surface area contributed by atoms with Gasteiger partial charge in [-0.1, -0.05) is 12.1 Å². The molecule has 0 atom stereocenters. The highest BCUT2D eigenvalue weighted by Crippen LogP contribution is 2.32. The number of pyridine rings is 1. The van der Waals surface area contributed by atoms with Gasteiger partial charge in [0.15, 0.2) is 5.82 Å². The normalized spacial score (nSPS) is 19.3. The second-order valence-electron chi connectivity index (χ2n) is 10.7. The molecular weight excluding hydrogens is 544 g/mol. The quantitative estimate of drug-likeness (QED) is 0.310. The maximum Gasteiger partial charge on any atom is 0.296 e. The number of benzene rings is 1. The molecule has 0 unspecified atom stereocenters. The van der Waals surface area contributed by atoms with Gasteiger partial charge in [0, 0.05) is 44.0 Å². The number of carbonyl (C=O) groups excluding carboxylic acids is 1. The van der Waals surface area contributed by atoms with Crippen molar-refractivity contribution < 1.29 is 23.0 Å². The van der Waals surface area contributed by atoms with Crippen LogP contribution in [0.25, 0.3) is 16.9 Å². The van der Waals surface area contributed by atoms with Gasteiger partial charge in [-0.05, 0) is 61.4 Å². The van der Waals surface area contributed by atoms with Gasteiger partial charge in [-0.3, -0.25) is 14.3 Å². The van der Waals surface area contributed by atoms with Gasteiger partial charge in [0.25, 0.3) is 6.43 Å². The van der Waals surface area contributed by atoms with Gasteiger partial charge in [0.05, 0.1) is 30.9 Å². The van der Waals surface area contributed by atoms with Crippen molar-refractivity contribution in [3.63, 3.8) is 0 Å². The summed E-state index contributed by atoms with van der Waals surface area (Å²) in [6, 6.07) is 12.4. The van der Waals surface area contributed by atoms with Crippen molar-refractivity contribution in [3.05, 3.63) is 66.2 Å². The largest absolute Gasteiger partial charge is 0.477 e. The molecule has 2 fully saturated rings. The molecule has 6 rings (SSSR count). The van der Waals surface area contributed by atoms with Crippen LogP contribution in [0.5, 0.6) is 5.88 Å². The van der Waals surface area contributed by atoms with Gasteiger partial charge in [-0.25, -0.2) is 13.8 Å². The summed E-state index contributed by atoms with van der Waals surface area (Å²) in [5.74, 6) is 0.919. The van der Waals surface area contributed by atoms with Crippen LogP contribution in [-0.2, 0) is 16.1 Å². The Kier molecular flexibility index (Phi) is 8.50. The summed E-state index contributed by atoms with van der Waals surface area (Å²) in [5, 5.41) is 3.03. The van der Waals surface area contributed by atoms with E-state index < -0.39 is 6.43 Å². The Balaban J connectivity index is 1.16. The van der Waals surface area contributed by atoms with Gasteiger partial charge in [-0.15, -0.1) is 0 Å². The maximum atomic E-state index is 14.1. The van der Waals surface area contributed by atoms with Crippen molar-refractivity contribution in [1.29, 1.82) is 0 Å². The fourth-order valence-electron chi connectivity index (χ4n) is 5.55. The number of carbonyl (C=O) groups is 1. The van der Waals surface area contributed by atoms with Crippen molar-refractivity contribution >= 4 is 22.9 Å². The van der Waals surface area contributed by atoms with Crippen molar-refractivity contribution in [2.45, 2.75) is 38.7 Å². The molecule has 12 heteroatoms. The minimum Gasteiger partial charge on any atom is -0.477 e. The number of amides is 1. The molecule has 0 bridgehead atoms. The highest BCUT2D eigenvalue weighted by molar-refractivity contribution is 5.79. The van der Waals surface area contributed by atoms with Crippen molar-refractivity contribution in [3.8, 4) is 11.7 Å². The molecule has 1 amide bonds. The third kappa shape index (κ3) is 6.33. The molecule has 4 heterocycles. The summed E-state index contributed by atoms with van der Waals surface area (Å²) >= 11 is 0. The van der Waals surface area contributed by atoms with E-state index in [9.17, 15) is 13.6 Å². The number of aromatic nitrogens is 5. The number of hydrogen-bond donors (Lipinski definition) is 1. The number of alkyl halides is 2.